The number of rotatable bonds is 1. The lowest BCUT2D eigenvalue weighted by atomic mass is 10.4. The van der Waals surface area contributed by atoms with E-state index in [9.17, 15) is 4.79 Å². The number of aromatic nitrogens is 3. The summed E-state index contributed by atoms with van der Waals surface area (Å²) in [7, 11) is 0. The Morgan fingerprint density at radius 2 is 2.38 bits per heavy atom. The summed E-state index contributed by atoms with van der Waals surface area (Å²) in [4.78, 5) is 14.6. The van der Waals surface area contributed by atoms with Crippen LogP contribution in [0.3, 0.4) is 0 Å². The molecule has 0 saturated heterocycles. The molecular weight excluding hydrogens is 206 g/mol. The molecule has 13 heavy (non-hydrogen) atoms. The fourth-order valence-electron chi connectivity index (χ4n) is 0.928. The van der Waals surface area contributed by atoms with Gasteiger partial charge in [-0.05, 0) is 23.7 Å². The number of nitrogens with zero attached hydrogens (tertiary/aromatic N) is 1. The molecular formula is C7H5N3OS2. The highest BCUT2D eigenvalue weighted by molar-refractivity contribution is 7.71. The van der Waals surface area contributed by atoms with Crippen molar-refractivity contribution < 1.29 is 0 Å². The zero-order chi connectivity index (χ0) is 9.26. The zero-order valence-electron chi connectivity index (χ0n) is 6.40. The van der Waals surface area contributed by atoms with Crippen LogP contribution >= 0.6 is 23.6 Å². The largest absolute Gasteiger partial charge is 0.296 e. The van der Waals surface area contributed by atoms with Gasteiger partial charge in [-0.15, -0.1) is 11.3 Å². The number of nitrogens with one attached hydrogen (secondary N) is 2. The van der Waals surface area contributed by atoms with Gasteiger partial charge in [0.2, 0.25) is 0 Å². The van der Waals surface area contributed by atoms with Gasteiger partial charge in [-0.1, -0.05) is 6.07 Å². The van der Waals surface area contributed by atoms with Gasteiger partial charge in [0.15, 0.2) is 10.5 Å². The van der Waals surface area contributed by atoms with E-state index >= 15 is 0 Å². The Kier molecular flexibility index (Phi) is 2.07. The number of hydrogen-bond acceptors (Lipinski definition) is 4. The first kappa shape index (κ1) is 8.33. The second-order valence-corrected chi connectivity index (χ2v) is 3.69. The van der Waals surface area contributed by atoms with E-state index in [1.807, 2.05) is 17.5 Å². The van der Waals surface area contributed by atoms with Gasteiger partial charge in [-0.2, -0.15) is 5.10 Å². The van der Waals surface area contributed by atoms with Crippen LogP contribution in [0.5, 0.6) is 0 Å². The van der Waals surface area contributed by atoms with Crippen LogP contribution in [-0.2, 0) is 0 Å². The Hall–Kier alpha value is -1.27. The van der Waals surface area contributed by atoms with E-state index in [1.165, 1.54) is 11.3 Å². The number of thiophene rings is 1. The Bertz CT molecular complexity index is 511. The molecule has 0 aliphatic heterocycles. The molecule has 0 unspecified atom stereocenters. The van der Waals surface area contributed by atoms with E-state index in [0.717, 1.165) is 4.88 Å². The molecule has 0 spiro atoms. The third-order valence-electron chi connectivity index (χ3n) is 1.47. The minimum atomic E-state index is -0.258. The monoisotopic (exact) mass is 211 g/mol. The van der Waals surface area contributed by atoms with Crippen molar-refractivity contribution in [2.45, 2.75) is 0 Å². The molecule has 0 atom stereocenters. The molecule has 0 aromatic carbocycles. The van der Waals surface area contributed by atoms with Crippen LogP contribution in [0, 0.1) is 4.77 Å². The molecule has 2 aromatic rings. The van der Waals surface area contributed by atoms with Crippen molar-refractivity contribution in [2.75, 3.05) is 0 Å². The molecule has 0 bridgehead atoms. The average Bonchev–Trinajstić information content (AvgIpc) is 2.56. The van der Waals surface area contributed by atoms with E-state index in [1.54, 1.807) is 0 Å². The van der Waals surface area contributed by atoms with Crippen molar-refractivity contribution in [3.8, 4) is 10.6 Å². The van der Waals surface area contributed by atoms with Crippen molar-refractivity contribution in [3.05, 3.63) is 32.6 Å². The van der Waals surface area contributed by atoms with Gasteiger partial charge in [-0.25, -0.2) is 0 Å². The molecule has 0 radical (unpaired) electrons. The van der Waals surface area contributed by atoms with Crippen LogP contribution < -0.4 is 5.56 Å². The number of hydrogen-bond donors (Lipinski definition) is 2. The molecule has 4 nitrogen and oxygen atoms in total. The van der Waals surface area contributed by atoms with Crippen LogP contribution in [-0.4, -0.2) is 15.2 Å². The van der Waals surface area contributed by atoms with Crippen LogP contribution in [0.2, 0.25) is 0 Å². The van der Waals surface area contributed by atoms with Gasteiger partial charge in [-0.3, -0.25) is 14.9 Å². The summed E-state index contributed by atoms with van der Waals surface area (Å²) in [5, 5.41) is 8.29. The molecule has 2 heterocycles. The summed E-state index contributed by atoms with van der Waals surface area (Å²) in [6, 6.07) is 3.70. The van der Waals surface area contributed by atoms with Gasteiger partial charge in [0.05, 0.1) is 4.88 Å². The molecule has 2 aromatic heterocycles. The molecule has 0 aliphatic carbocycles. The average molecular weight is 211 g/mol. The first-order chi connectivity index (χ1) is 6.27. The van der Waals surface area contributed by atoms with E-state index in [0.29, 0.717) is 5.69 Å². The number of H-pyrrole nitrogens is 2. The van der Waals surface area contributed by atoms with Crippen molar-refractivity contribution in [2.24, 2.45) is 0 Å². The van der Waals surface area contributed by atoms with E-state index in [2.05, 4.69) is 15.2 Å². The first-order valence-corrected chi connectivity index (χ1v) is 4.79. The molecule has 6 heteroatoms. The normalized spacial score (nSPS) is 10.2. The van der Waals surface area contributed by atoms with Gasteiger partial charge in [0.1, 0.15) is 0 Å². The van der Waals surface area contributed by atoms with Crippen molar-refractivity contribution >= 4 is 23.6 Å². The van der Waals surface area contributed by atoms with Crippen molar-refractivity contribution in [3.63, 3.8) is 0 Å². The maximum absolute atomic E-state index is 11.3. The quantitative estimate of drug-likeness (QED) is 0.704. The third-order valence-corrected chi connectivity index (χ3v) is 2.54. The lowest BCUT2D eigenvalue weighted by Gasteiger charge is -1.92. The molecule has 0 saturated carbocycles. The fraction of sp³-hybridized carbons (Fsp3) is 0. The van der Waals surface area contributed by atoms with Crippen LogP contribution in [0.15, 0.2) is 22.3 Å². The molecule has 2 rings (SSSR count). The van der Waals surface area contributed by atoms with Crippen LogP contribution in [0.4, 0.5) is 0 Å². The van der Waals surface area contributed by atoms with E-state index < -0.39 is 0 Å². The smallest absolute Gasteiger partial charge is 0.279 e. The standard InChI is InChI=1S/C7H5N3OS2/c11-6-5(4-2-1-3-13-4)9-10-7(12)8-6/h1-3H,(H2,8,10,11,12). The Balaban J connectivity index is 2.67. The Labute approximate surface area is 82.3 Å². The Morgan fingerprint density at radius 1 is 1.54 bits per heavy atom. The summed E-state index contributed by atoms with van der Waals surface area (Å²) in [5.74, 6) is 0. The zero-order valence-corrected chi connectivity index (χ0v) is 8.04. The van der Waals surface area contributed by atoms with Gasteiger partial charge < -0.3 is 0 Å². The number of aromatic amines is 2. The summed E-state index contributed by atoms with van der Waals surface area (Å²) in [6.45, 7) is 0. The molecule has 0 amide bonds. The van der Waals surface area contributed by atoms with Gasteiger partial charge >= 0.3 is 0 Å². The van der Waals surface area contributed by atoms with E-state index in [4.69, 9.17) is 12.2 Å². The van der Waals surface area contributed by atoms with Crippen molar-refractivity contribution in [1.82, 2.24) is 15.2 Å². The summed E-state index contributed by atoms with van der Waals surface area (Å²) >= 11 is 6.18. The highest BCUT2D eigenvalue weighted by atomic mass is 32.1. The minimum Gasteiger partial charge on any atom is -0.296 e. The minimum absolute atomic E-state index is 0.241. The molecule has 66 valence electrons. The first-order valence-electron chi connectivity index (χ1n) is 3.50. The second-order valence-electron chi connectivity index (χ2n) is 2.33. The second kappa shape index (κ2) is 3.23. The fourth-order valence-corrected chi connectivity index (χ4v) is 1.78. The highest BCUT2D eigenvalue weighted by Crippen LogP contribution is 2.17. The lowest BCUT2D eigenvalue weighted by Crippen LogP contribution is -2.12. The van der Waals surface area contributed by atoms with Crippen molar-refractivity contribution in [1.29, 1.82) is 0 Å². The maximum atomic E-state index is 11.3. The van der Waals surface area contributed by atoms with E-state index in [-0.39, 0.29) is 10.3 Å². The maximum Gasteiger partial charge on any atom is 0.279 e. The Morgan fingerprint density at radius 3 is 3.00 bits per heavy atom. The predicted octanol–water partition coefficient (Wildman–Crippen LogP) is 1.56. The molecule has 0 fully saturated rings. The molecule has 0 aliphatic rings. The topological polar surface area (TPSA) is 61.5 Å². The summed E-state index contributed by atoms with van der Waals surface area (Å²) in [6.07, 6.45) is 0. The lowest BCUT2D eigenvalue weighted by molar-refractivity contribution is 0.934. The summed E-state index contributed by atoms with van der Waals surface area (Å²) in [5.41, 5.74) is 0.120. The third kappa shape index (κ3) is 1.58. The highest BCUT2D eigenvalue weighted by Gasteiger charge is 2.04. The van der Waals surface area contributed by atoms with Crippen LogP contribution in [0.25, 0.3) is 10.6 Å². The SMILES string of the molecule is O=c1[nH]c(=S)[nH]nc1-c1cccs1. The van der Waals surface area contributed by atoms with Gasteiger partial charge in [0, 0.05) is 0 Å². The summed E-state index contributed by atoms with van der Waals surface area (Å²) < 4.78 is 0.241. The molecule has 2 N–H and O–H groups in total. The van der Waals surface area contributed by atoms with Gasteiger partial charge in [0.25, 0.3) is 5.56 Å². The van der Waals surface area contributed by atoms with Crippen LogP contribution in [0.1, 0.15) is 0 Å². The predicted molar refractivity (Wildman–Crippen MR) is 53.4 cm³/mol.